The zero-order valence-electron chi connectivity index (χ0n) is 3.32. The fourth-order valence-electron chi connectivity index (χ4n) is 0.336. The molecular weight excluding hydrogens is 95.5 g/mol. The molecule has 0 aromatic carbocycles. The molecule has 1 heteroatoms. The lowest BCUT2D eigenvalue weighted by Gasteiger charge is -1.66. The molecule has 0 amide bonds. The summed E-state index contributed by atoms with van der Waals surface area (Å²) in [5, 5.41) is 0.301. The van der Waals surface area contributed by atoms with E-state index < -0.39 is 0 Å². The van der Waals surface area contributed by atoms with Crippen LogP contribution in [0.2, 0.25) is 0 Å². The summed E-state index contributed by atoms with van der Waals surface area (Å²) in [5.74, 6) is 2.95. The largest absolute Gasteiger partial charge is 0.122 e. The topological polar surface area (TPSA) is 0 Å². The fourth-order valence-corrected chi connectivity index (χ4v) is 0.601. The van der Waals surface area contributed by atoms with E-state index in [1.54, 1.807) is 0 Å². The summed E-state index contributed by atoms with van der Waals surface area (Å²) in [7, 11) is 0. The smallest absolute Gasteiger partial charge is 0.0486 e. The van der Waals surface area contributed by atoms with Gasteiger partial charge in [-0.3, -0.25) is 0 Å². The molecular formula is C5H5Cl. The van der Waals surface area contributed by atoms with Gasteiger partial charge < -0.3 is 0 Å². The van der Waals surface area contributed by atoms with Crippen molar-refractivity contribution in [1.29, 1.82) is 0 Å². The van der Waals surface area contributed by atoms with E-state index in [2.05, 4.69) is 5.92 Å². The van der Waals surface area contributed by atoms with Crippen molar-refractivity contribution in [3.8, 4) is 12.3 Å². The molecule has 0 N–H and O–H groups in total. The lowest BCUT2D eigenvalue weighted by molar-refractivity contribution is 1.19. The minimum atomic E-state index is 0.301. The molecule has 32 valence electrons. The molecule has 1 fully saturated rings. The van der Waals surface area contributed by atoms with Gasteiger partial charge in [-0.1, -0.05) is 0 Å². The van der Waals surface area contributed by atoms with Gasteiger partial charge in [0.25, 0.3) is 0 Å². The normalized spacial score (nSPS) is 41.3. The molecule has 0 aromatic rings. The van der Waals surface area contributed by atoms with Gasteiger partial charge in [0.15, 0.2) is 0 Å². The van der Waals surface area contributed by atoms with Crippen LogP contribution >= 0.6 is 11.6 Å². The molecule has 0 saturated heterocycles. The van der Waals surface area contributed by atoms with E-state index in [4.69, 9.17) is 18.0 Å². The van der Waals surface area contributed by atoms with Crippen LogP contribution in [0.25, 0.3) is 0 Å². The average Bonchev–Trinajstić information content (AvgIpc) is 2.19. The summed E-state index contributed by atoms with van der Waals surface area (Å²) in [6.45, 7) is 0. The first-order chi connectivity index (χ1) is 2.84. The zero-order chi connectivity index (χ0) is 4.57. The van der Waals surface area contributed by atoms with Crippen LogP contribution in [0.5, 0.6) is 0 Å². The second-order valence-electron chi connectivity index (χ2n) is 1.52. The molecule has 1 rings (SSSR count). The Morgan fingerprint density at radius 2 is 2.33 bits per heavy atom. The highest BCUT2D eigenvalue weighted by Crippen LogP contribution is 2.34. The van der Waals surface area contributed by atoms with Crippen LogP contribution in [0.3, 0.4) is 0 Å². The average molecular weight is 101 g/mol. The number of alkyl halides is 1. The second-order valence-corrected chi connectivity index (χ2v) is 2.09. The molecule has 0 aliphatic heterocycles. The maximum atomic E-state index is 5.51. The number of terminal acetylenes is 1. The first kappa shape index (κ1) is 4.02. The standard InChI is InChI=1S/C5H5Cl/c1-2-4-3-5(4)6/h1,4-5H,3H2/t4-,5-/m0/s1. The van der Waals surface area contributed by atoms with E-state index in [-0.39, 0.29) is 0 Å². The van der Waals surface area contributed by atoms with Crippen molar-refractivity contribution < 1.29 is 0 Å². The van der Waals surface area contributed by atoms with E-state index in [0.29, 0.717) is 11.3 Å². The molecule has 1 aliphatic rings. The Hall–Kier alpha value is -0.150. The fraction of sp³-hybridized carbons (Fsp3) is 0.600. The van der Waals surface area contributed by atoms with Crippen LogP contribution in [0, 0.1) is 18.3 Å². The first-order valence-corrected chi connectivity index (χ1v) is 2.38. The van der Waals surface area contributed by atoms with Crippen LogP contribution in [0.15, 0.2) is 0 Å². The Morgan fingerprint density at radius 3 is 2.33 bits per heavy atom. The maximum absolute atomic E-state index is 5.51. The Morgan fingerprint density at radius 1 is 1.83 bits per heavy atom. The number of hydrogen-bond donors (Lipinski definition) is 0. The lowest BCUT2D eigenvalue weighted by Crippen LogP contribution is -1.66. The molecule has 2 atom stereocenters. The van der Waals surface area contributed by atoms with Gasteiger partial charge in [0.1, 0.15) is 0 Å². The molecule has 6 heavy (non-hydrogen) atoms. The molecule has 0 radical (unpaired) electrons. The van der Waals surface area contributed by atoms with Gasteiger partial charge in [-0.2, -0.15) is 0 Å². The SMILES string of the molecule is C#C[C@H]1C[C@@H]1Cl. The molecule has 0 nitrogen and oxygen atoms in total. The highest BCUT2D eigenvalue weighted by atomic mass is 35.5. The van der Waals surface area contributed by atoms with Gasteiger partial charge in [0, 0.05) is 11.3 Å². The molecule has 0 aromatic heterocycles. The molecule has 0 spiro atoms. The Bertz CT molecular complexity index is 90.6. The Balaban J connectivity index is 2.31. The monoisotopic (exact) mass is 100 g/mol. The lowest BCUT2D eigenvalue weighted by atomic mass is 10.5. The Kier molecular flexibility index (Phi) is 0.782. The van der Waals surface area contributed by atoms with Crippen LogP contribution < -0.4 is 0 Å². The van der Waals surface area contributed by atoms with Crippen molar-refractivity contribution in [2.45, 2.75) is 11.8 Å². The van der Waals surface area contributed by atoms with E-state index >= 15 is 0 Å². The molecule has 1 aliphatic carbocycles. The first-order valence-electron chi connectivity index (χ1n) is 1.95. The van der Waals surface area contributed by atoms with Gasteiger partial charge in [0.05, 0.1) is 0 Å². The summed E-state index contributed by atoms with van der Waals surface area (Å²) in [6, 6.07) is 0. The molecule has 0 heterocycles. The number of halogens is 1. The molecule has 0 bridgehead atoms. The minimum Gasteiger partial charge on any atom is -0.122 e. The van der Waals surface area contributed by atoms with Crippen molar-refractivity contribution in [1.82, 2.24) is 0 Å². The van der Waals surface area contributed by atoms with E-state index in [9.17, 15) is 0 Å². The molecule has 0 unspecified atom stereocenters. The summed E-state index contributed by atoms with van der Waals surface area (Å²) >= 11 is 5.51. The Labute approximate surface area is 42.5 Å². The zero-order valence-corrected chi connectivity index (χ0v) is 4.07. The third-order valence-corrected chi connectivity index (χ3v) is 1.41. The van der Waals surface area contributed by atoms with Crippen LogP contribution in [0.1, 0.15) is 6.42 Å². The quantitative estimate of drug-likeness (QED) is 0.318. The third kappa shape index (κ3) is 0.507. The van der Waals surface area contributed by atoms with E-state index in [0.717, 1.165) is 6.42 Å². The van der Waals surface area contributed by atoms with Gasteiger partial charge >= 0.3 is 0 Å². The van der Waals surface area contributed by atoms with Gasteiger partial charge in [-0.05, 0) is 6.42 Å². The van der Waals surface area contributed by atoms with Crippen molar-refractivity contribution >= 4 is 11.6 Å². The summed E-state index contributed by atoms with van der Waals surface area (Å²) in [4.78, 5) is 0. The van der Waals surface area contributed by atoms with Gasteiger partial charge in [-0.25, -0.2) is 0 Å². The number of rotatable bonds is 0. The van der Waals surface area contributed by atoms with Crippen LogP contribution in [-0.2, 0) is 0 Å². The van der Waals surface area contributed by atoms with Gasteiger partial charge in [-0.15, -0.1) is 23.9 Å². The predicted molar refractivity (Wildman–Crippen MR) is 26.6 cm³/mol. The van der Waals surface area contributed by atoms with E-state index in [1.165, 1.54) is 0 Å². The van der Waals surface area contributed by atoms with Crippen molar-refractivity contribution in [2.24, 2.45) is 5.92 Å². The van der Waals surface area contributed by atoms with Crippen molar-refractivity contribution in [3.63, 3.8) is 0 Å². The third-order valence-electron chi connectivity index (χ3n) is 0.927. The summed E-state index contributed by atoms with van der Waals surface area (Å²) in [6.07, 6.45) is 6.02. The predicted octanol–water partition coefficient (Wildman–Crippen LogP) is 1.25. The van der Waals surface area contributed by atoms with Crippen LogP contribution in [-0.4, -0.2) is 5.38 Å². The number of hydrogen-bond acceptors (Lipinski definition) is 0. The summed E-state index contributed by atoms with van der Waals surface area (Å²) in [5.41, 5.74) is 0. The highest BCUT2D eigenvalue weighted by Gasteiger charge is 2.32. The maximum Gasteiger partial charge on any atom is 0.0486 e. The van der Waals surface area contributed by atoms with E-state index in [1.807, 2.05) is 0 Å². The highest BCUT2D eigenvalue weighted by molar-refractivity contribution is 6.22. The van der Waals surface area contributed by atoms with Crippen LogP contribution in [0.4, 0.5) is 0 Å². The van der Waals surface area contributed by atoms with Gasteiger partial charge in [0.2, 0.25) is 0 Å². The van der Waals surface area contributed by atoms with Crippen molar-refractivity contribution in [2.75, 3.05) is 0 Å². The molecule has 1 saturated carbocycles. The summed E-state index contributed by atoms with van der Waals surface area (Å²) < 4.78 is 0. The second kappa shape index (κ2) is 1.17. The van der Waals surface area contributed by atoms with Crippen molar-refractivity contribution in [3.05, 3.63) is 0 Å². The minimum absolute atomic E-state index is 0.301.